The molecule has 21 heavy (non-hydrogen) atoms. The summed E-state index contributed by atoms with van der Waals surface area (Å²) in [6, 6.07) is 6.34. The zero-order valence-corrected chi connectivity index (χ0v) is 12.8. The molecule has 1 amide bonds. The van der Waals surface area contributed by atoms with Crippen LogP contribution in [0.5, 0.6) is 0 Å². The van der Waals surface area contributed by atoms with Crippen molar-refractivity contribution in [2.75, 3.05) is 31.9 Å². The molecule has 2 fully saturated rings. The second-order valence-corrected chi connectivity index (χ2v) is 6.34. The number of carbonyl (C=O) groups is 1. The lowest BCUT2D eigenvalue weighted by Gasteiger charge is -2.38. The van der Waals surface area contributed by atoms with Gasteiger partial charge in [0.2, 0.25) is 0 Å². The quantitative estimate of drug-likeness (QED) is 0.849. The molecule has 0 bridgehead atoms. The molecule has 0 aromatic heterocycles. The molecule has 0 spiro atoms. The number of nitrogen functional groups attached to an aromatic ring is 1. The molecular formula is C17H25N3O. The third-order valence-electron chi connectivity index (χ3n) is 4.96. The molecule has 1 aliphatic heterocycles. The third kappa shape index (κ3) is 3.05. The van der Waals surface area contributed by atoms with E-state index in [2.05, 4.69) is 4.90 Å². The van der Waals surface area contributed by atoms with Gasteiger partial charge in [-0.1, -0.05) is 12.8 Å². The Morgan fingerprint density at radius 3 is 2.43 bits per heavy atom. The van der Waals surface area contributed by atoms with Gasteiger partial charge in [-0.25, -0.2) is 0 Å². The number of piperazine rings is 1. The fourth-order valence-electron chi connectivity index (χ4n) is 3.55. The highest BCUT2D eigenvalue weighted by Gasteiger charge is 2.28. The molecule has 2 aliphatic rings. The summed E-state index contributed by atoms with van der Waals surface area (Å²) < 4.78 is 0. The molecule has 1 saturated heterocycles. The van der Waals surface area contributed by atoms with Gasteiger partial charge in [-0.2, -0.15) is 0 Å². The van der Waals surface area contributed by atoms with E-state index in [0.717, 1.165) is 49.0 Å². The fraction of sp³-hybridized carbons (Fsp3) is 0.588. The van der Waals surface area contributed by atoms with Crippen molar-refractivity contribution >= 4 is 11.6 Å². The fourth-order valence-corrected chi connectivity index (χ4v) is 3.55. The van der Waals surface area contributed by atoms with Crippen LogP contribution in [0.25, 0.3) is 0 Å². The minimum atomic E-state index is 0.143. The van der Waals surface area contributed by atoms with Gasteiger partial charge >= 0.3 is 0 Å². The lowest BCUT2D eigenvalue weighted by Crippen LogP contribution is -2.51. The Morgan fingerprint density at radius 2 is 1.81 bits per heavy atom. The van der Waals surface area contributed by atoms with Gasteiger partial charge in [0.1, 0.15) is 0 Å². The second kappa shape index (κ2) is 6.06. The van der Waals surface area contributed by atoms with Gasteiger partial charge in [-0.15, -0.1) is 0 Å². The zero-order chi connectivity index (χ0) is 14.8. The Bertz CT molecular complexity index is 515. The molecule has 1 aromatic carbocycles. The predicted octanol–water partition coefficient (Wildman–Crippen LogP) is 2.28. The molecule has 0 unspecified atom stereocenters. The summed E-state index contributed by atoms with van der Waals surface area (Å²) in [5, 5.41) is 0. The molecule has 1 aliphatic carbocycles. The molecule has 2 N–H and O–H groups in total. The average molecular weight is 287 g/mol. The molecule has 3 rings (SSSR count). The van der Waals surface area contributed by atoms with Crippen LogP contribution in [0.2, 0.25) is 0 Å². The van der Waals surface area contributed by atoms with Crippen molar-refractivity contribution < 1.29 is 4.79 Å². The van der Waals surface area contributed by atoms with E-state index in [1.54, 1.807) is 0 Å². The monoisotopic (exact) mass is 287 g/mol. The van der Waals surface area contributed by atoms with E-state index in [0.29, 0.717) is 0 Å². The first kappa shape index (κ1) is 14.4. The van der Waals surface area contributed by atoms with Crippen LogP contribution in [0.1, 0.15) is 41.6 Å². The van der Waals surface area contributed by atoms with Gasteiger partial charge in [0, 0.05) is 43.5 Å². The van der Waals surface area contributed by atoms with Crippen LogP contribution in [-0.2, 0) is 0 Å². The van der Waals surface area contributed by atoms with Crippen LogP contribution in [0, 0.1) is 6.92 Å². The number of nitrogens with two attached hydrogens (primary N) is 1. The average Bonchev–Trinajstić information content (AvgIpc) is 3.04. The van der Waals surface area contributed by atoms with Crippen LogP contribution in [-0.4, -0.2) is 47.9 Å². The number of hydrogen-bond donors (Lipinski definition) is 1. The van der Waals surface area contributed by atoms with Crippen LogP contribution in [0.3, 0.4) is 0 Å². The summed E-state index contributed by atoms with van der Waals surface area (Å²) in [6.07, 6.45) is 5.42. The first-order valence-electron chi connectivity index (χ1n) is 8.04. The number of hydrogen-bond acceptors (Lipinski definition) is 3. The number of rotatable bonds is 2. The van der Waals surface area contributed by atoms with Crippen LogP contribution < -0.4 is 5.73 Å². The Hall–Kier alpha value is -1.55. The largest absolute Gasteiger partial charge is 0.399 e. The standard InChI is InChI=1S/C17H25N3O/c1-13-12-14(6-7-16(13)18)17(21)20-10-8-19(9-11-20)15-4-2-3-5-15/h6-7,12,15H,2-5,8-11,18H2,1H3. The predicted molar refractivity (Wildman–Crippen MR) is 85.3 cm³/mol. The third-order valence-corrected chi connectivity index (χ3v) is 4.96. The number of amides is 1. The van der Waals surface area contributed by atoms with E-state index in [9.17, 15) is 4.79 Å². The molecular weight excluding hydrogens is 262 g/mol. The van der Waals surface area contributed by atoms with Crippen molar-refractivity contribution in [3.05, 3.63) is 29.3 Å². The highest BCUT2D eigenvalue weighted by Crippen LogP contribution is 2.24. The van der Waals surface area contributed by atoms with E-state index < -0.39 is 0 Å². The van der Waals surface area contributed by atoms with Gasteiger partial charge in [-0.3, -0.25) is 9.69 Å². The molecule has 114 valence electrons. The summed E-state index contributed by atoms with van der Waals surface area (Å²) in [5.41, 5.74) is 8.31. The first-order valence-corrected chi connectivity index (χ1v) is 8.04. The lowest BCUT2D eigenvalue weighted by atomic mass is 10.1. The van der Waals surface area contributed by atoms with Crippen LogP contribution >= 0.6 is 0 Å². The van der Waals surface area contributed by atoms with Gasteiger partial charge in [0.15, 0.2) is 0 Å². The topological polar surface area (TPSA) is 49.6 Å². The molecule has 1 aromatic rings. The van der Waals surface area contributed by atoms with Gasteiger partial charge in [0.05, 0.1) is 0 Å². The van der Waals surface area contributed by atoms with Crippen LogP contribution in [0.15, 0.2) is 18.2 Å². The van der Waals surface area contributed by atoms with Crippen molar-refractivity contribution in [2.45, 2.75) is 38.6 Å². The summed E-state index contributed by atoms with van der Waals surface area (Å²) >= 11 is 0. The van der Waals surface area contributed by atoms with Crippen molar-refractivity contribution in [1.82, 2.24) is 9.80 Å². The molecule has 0 atom stereocenters. The molecule has 1 saturated carbocycles. The van der Waals surface area contributed by atoms with Crippen molar-refractivity contribution in [2.24, 2.45) is 0 Å². The van der Waals surface area contributed by atoms with Gasteiger partial charge < -0.3 is 10.6 Å². The molecule has 1 heterocycles. The van der Waals surface area contributed by atoms with E-state index >= 15 is 0 Å². The number of carbonyl (C=O) groups excluding carboxylic acids is 1. The summed E-state index contributed by atoms with van der Waals surface area (Å²) in [4.78, 5) is 17.1. The maximum Gasteiger partial charge on any atom is 0.253 e. The number of aryl methyl sites for hydroxylation is 1. The Kier molecular flexibility index (Phi) is 4.15. The van der Waals surface area contributed by atoms with Gasteiger partial charge in [0.25, 0.3) is 5.91 Å². The van der Waals surface area contributed by atoms with Crippen LogP contribution in [0.4, 0.5) is 5.69 Å². The van der Waals surface area contributed by atoms with E-state index in [4.69, 9.17) is 5.73 Å². The minimum Gasteiger partial charge on any atom is -0.399 e. The molecule has 0 radical (unpaired) electrons. The zero-order valence-electron chi connectivity index (χ0n) is 12.8. The van der Waals surface area contributed by atoms with E-state index in [1.165, 1.54) is 25.7 Å². The second-order valence-electron chi connectivity index (χ2n) is 6.34. The van der Waals surface area contributed by atoms with E-state index in [-0.39, 0.29) is 5.91 Å². The maximum absolute atomic E-state index is 12.6. The molecule has 4 heteroatoms. The van der Waals surface area contributed by atoms with E-state index in [1.807, 2.05) is 30.0 Å². The Morgan fingerprint density at radius 1 is 1.14 bits per heavy atom. The first-order chi connectivity index (χ1) is 10.1. The minimum absolute atomic E-state index is 0.143. The highest BCUT2D eigenvalue weighted by atomic mass is 16.2. The summed E-state index contributed by atoms with van der Waals surface area (Å²) in [5.74, 6) is 0.143. The number of nitrogens with zero attached hydrogens (tertiary/aromatic N) is 2. The summed E-state index contributed by atoms with van der Waals surface area (Å²) in [7, 11) is 0. The van der Waals surface area contributed by atoms with Crippen molar-refractivity contribution in [3.63, 3.8) is 0 Å². The number of anilines is 1. The smallest absolute Gasteiger partial charge is 0.253 e. The maximum atomic E-state index is 12.6. The van der Waals surface area contributed by atoms with Crippen molar-refractivity contribution in [1.29, 1.82) is 0 Å². The normalized spacial score (nSPS) is 20.9. The lowest BCUT2D eigenvalue weighted by molar-refractivity contribution is 0.0573. The van der Waals surface area contributed by atoms with Gasteiger partial charge in [-0.05, 0) is 43.5 Å². The van der Waals surface area contributed by atoms with Crippen molar-refractivity contribution in [3.8, 4) is 0 Å². The Labute approximate surface area is 126 Å². The number of benzene rings is 1. The SMILES string of the molecule is Cc1cc(C(=O)N2CCN(C3CCCC3)CC2)ccc1N. The Balaban J connectivity index is 1.60. The summed E-state index contributed by atoms with van der Waals surface area (Å²) in [6.45, 7) is 5.68. The molecule has 4 nitrogen and oxygen atoms in total. The highest BCUT2D eigenvalue weighted by molar-refractivity contribution is 5.95.